The molecule has 0 saturated heterocycles. The van der Waals surface area contributed by atoms with E-state index in [4.69, 9.17) is 4.74 Å². The van der Waals surface area contributed by atoms with E-state index in [0.29, 0.717) is 0 Å². The second kappa shape index (κ2) is 4.59. The van der Waals surface area contributed by atoms with Crippen molar-refractivity contribution in [1.82, 2.24) is 9.88 Å². The number of hydrogen-bond donors (Lipinski definition) is 1. The predicted octanol–water partition coefficient (Wildman–Crippen LogP) is 3.20. The van der Waals surface area contributed by atoms with Crippen molar-refractivity contribution in [2.24, 2.45) is 7.05 Å². The highest BCUT2D eigenvalue weighted by Gasteiger charge is 2.22. The van der Waals surface area contributed by atoms with Crippen LogP contribution in [0.2, 0.25) is 0 Å². The molecular weight excluding hydrogens is 292 g/mol. The van der Waals surface area contributed by atoms with Gasteiger partial charge in [-0.2, -0.15) is 0 Å². The Morgan fingerprint density at radius 2 is 2.22 bits per heavy atom. The van der Waals surface area contributed by atoms with E-state index in [-0.39, 0.29) is 0 Å². The maximum Gasteiger partial charge on any atom is 0.119 e. The van der Waals surface area contributed by atoms with E-state index in [0.717, 1.165) is 18.3 Å². The lowest BCUT2D eigenvalue weighted by Crippen LogP contribution is -2.17. The molecule has 1 aliphatic rings. The Bertz CT molecular complexity index is 587. The molecule has 0 spiro atoms. The van der Waals surface area contributed by atoms with Crippen LogP contribution in [0.1, 0.15) is 18.5 Å². The van der Waals surface area contributed by atoms with Gasteiger partial charge in [0.1, 0.15) is 5.75 Å². The molecule has 1 aromatic heterocycles. The van der Waals surface area contributed by atoms with E-state index in [1.54, 1.807) is 7.11 Å². The van der Waals surface area contributed by atoms with Gasteiger partial charge in [-0.05, 0) is 47.0 Å². The summed E-state index contributed by atoms with van der Waals surface area (Å²) in [7, 11) is 3.82. The molecule has 3 nitrogen and oxygen atoms in total. The predicted molar refractivity (Wildman–Crippen MR) is 77.0 cm³/mol. The van der Waals surface area contributed by atoms with Crippen LogP contribution in [-0.4, -0.2) is 17.7 Å². The molecule has 4 heteroatoms. The molecule has 1 N–H and O–H groups in total. The highest BCUT2D eigenvalue weighted by molar-refractivity contribution is 9.10. The third kappa shape index (κ3) is 2.04. The maximum absolute atomic E-state index is 5.29. The van der Waals surface area contributed by atoms with Gasteiger partial charge in [-0.1, -0.05) is 0 Å². The zero-order chi connectivity index (χ0) is 12.7. The standard InChI is InChI=1S/C14H17BrN2O/c1-17-12-6-5-10(18-2)7-11(12)14(15)13(17)8-16-9-3-4-9/h5-7,9,16H,3-4,8H2,1-2H3. The number of benzene rings is 1. The maximum atomic E-state index is 5.29. The van der Waals surface area contributed by atoms with Gasteiger partial charge in [0.25, 0.3) is 0 Å². The molecule has 2 aromatic rings. The minimum absolute atomic E-state index is 0.726. The second-order valence-corrected chi connectivity index (χ2v) is 5.65. The molecule has 0 aliphatic heterocycles. The van der Waals surface area contributed by atoms with Crippen LogP contribution in [0, 0.1) is 0 Å². The largest absolute Gasteiger partial charge is 0.497 e. The quantitative estimate of drug-likeness (QED) is 0.938. The Labute approximate surface area is 115 Å². The molecule has 1 aromatic carbocycles. The van der Waals surface area contributed by atoms with Gasteiger partial charge in [-0.25, -0.2) is 0 Å². The Balaban J connectivity index is 2.01. The van der Waals surface area contributed by atoms with Crippen molar-refractivity contribution in [2.75, 3.05) is 7.11 Å². The van der Waals surface area contributed by atoms with E-state index in [2.05, 4.69) is 45.0 Å². The number of nitrogens with one attached hydrogen (secondary N) is 1. The van der Waals surface area contributed by atoms with E-state index in [9.17, 15) is 0 Å². The summed E-state index contributed by atoms with van der Waals surface area (Å²) in [6.45, 7) is 0.915. The monoisotopic (exact) mass is 308 g/mol. The number of methoxy groups -OCH3 is 1. The Morgan fingerprint density at radius 1 is 1.44 bits per heavy atom. The van der Waals surface area contributed by atoms with Gasteiger partial charge in [-0.15, -0.1) is 0 Å². The van der Waals surface area contributed by atoms with Crippen LogP contribution < -0.4 is 10.1 Å². The molecule has 3 rings (SSSR count). The lowest BCUT2D eigenvalue weighted by Gasteiger charge is -2.06. The summed E-state index contributed by atoms with van der Waals surface area (Å²) in [6, 6.07) is 6.93. The summed E-state index contributed by atoms with van der Waals surface area (Å²) in [5.74, 6) is 0.899. The minimum atomic E-state index is 0.726. The van der Waals surface area contributed by atoms with Crippen LogP contribution in [0.15, 0.2) is 22.7 Å². The van der Waals surface area contributed by atoms with Crippen molar-refractivity contribution in [3.05, 3.63) is 28.4 Å². The fourth-order valence-electron chi connectivity index (χ4n) is 2.28. The highest BCUT2D eigenvalue weighted by Crippen LogP contribution is 2.33. The van der Waals surface area contributed by atoms with Gasteiger partial charge in [0.15, 0.2) is 0 Å². The first-order chi connectivity index (χ1) is 8.70. The first kappa shape index (κ1) is 12.1. The molecule has 1 saturated carbocycles. The number of ether oxygens (including phenoxy) is 1. The zero-order valence-corrected chi connectivity index (χ0v) is 12.3. The molecule has 96 valence electrons. The normalized spacial score (nSPS) is 15.3. The number of halogens is 1. The van der Waals surface area contributed by atoms with Crippen molar-refractivity contribution in [2.45, 2.75) is 25.4 Å². The van der Waals surface area contributed by atoms with Gasteiger partial charge in [-0.3, -0.25) is 0 Å². The molecule has 1 aliphatic carbocycles. The van der Waals surface area contributed by atoms with Gasteiger partial charge < -0.3 is 14.6 Å². The molecule has 0 radical (unpaired) electrons. The second-order valence-electron chi connectivity index (χ2n) is 4.86. The van der Waals surface area contributed by atoms with Crippen LogP contribution in [0.25, 0.3) is 10.9 Å². The number of aryl methyl sites for hydroxylation is 1. The number of aromatic nitrogens is 1. The molecule has 1 heterocycles. The average molecular weight is 309 g/mol. The van der Waals surface area contributed by atoms with Gasteiger partial charge >= 0.3 is 0 Å². The fourth-order valence-corrected chi connectivity index (χ4v) is 3.01. The molecule has 0 unspecified atom stereocenters. The van der Waals surface area contributed by atoms with Crippen LogP contribution in [0.3, 0.4) is 0 Å². The Hall–Kier alpha value is -1.00. The van der Waals surface area contributed by atoms with Crippen LogP contribution >= 0.6 is 15.9 Å². The highest BCUT2D eigenvalue weighted by atomic mass is 79.9. The first-order valence-corrected chi connectivity index (χ1v) is 7.04. The molecule has 18 heavy (non-hydrogen) atoms. The van der Waals surface area contributed by atoms with Crippen molar-refractivity contribution in [3.8, 4) is 5.75 Å². The molecule has 0 amide bonds. The van der Waals surface area contributed by atoms with Gasteiger partial charge in [0.05, 0.1) is 7.11 Å². The third-order valence-corrected chi connectivity index (χ3v) is 4.48. The van der Waals surface area contributed by atoms with Crippen molar-refractivity contribution in [3.63, 3.8) is 0 Å². The van der Waals surface area contributed by atoms with Gasteiger partial charge in [0, 0.05) is 40.7 Å². The van der Waals surface area contributed by atoms with E-state index < -0.39 is 0 Å². The Kier molecular flexibility index (Phi) is 3.08. The smallest absolute Gasteiger partial charge is 0.119 e. The number of nitrogens with zero attached hydrogens (tertiary/aromatic N) is 1. The molecule has 0 bridgehead atoms. The lowest BCUT2D eigenvalue weighted by molar-refractivity contribution is 0.415. The fraction of sp³-hybridized carbons (Fsp3) is 0.429. The zero-order valence-electron chi connectivity index (χ0n) is 10.7. The van der Waals surface area contributed by atoms with E-state index in [1.807, 2.05) is 6.07 Å². The third-order valence-electron chi connectivity index (χ3n) is 3.60. The summed E-state index contributed by atoms with van der Waals surface area (Å²) in [4.78, 5) is 0. The van der Waals surface area contributed by atoms with Crippen molar-refractivity contribution in [1.29, 1.82) is 0 Å². The lowest BCUT2D eigenvalue weighted by atomic mass is 10.2. The number of rotatable bonds is 4. The topological polar surface area (TPSA) is 26.2 Å². The average Bonchev–Trinajstić information content (AvgIpc) is 3.18. The van der Waals surface area contributed by atoms with E-state index in [1.165, 1.54) is 33.9 Å². The minimum Gasteiger partial charge on any atom is -0.497 e. The number of fused-ring (bicyclic) bond motifs is 1. The summed E-state index contributed by atoms with van der Waals surface area (Å²) >= 11 is 3.72. The summed E-state index contributed by atoms with van der Waals surface area (Å²) in [5.41, 5.74) is 2.53. The van der Waals surface area contributed by atoms with Crippen molar-refractivity contribution < 1.29 is 4.74 Å². The Morgan fingerprint density at radius 3 is 2.89 bits per heavy atom. The molecular formula is C14H17BrN2O. The molecule has 0 atom stereocenters. The van der Waals surface area contributed by atoms with Crippen LogP contribution in [0.4, 0.5) is 0 Å². The van der Waals surface area contributed by atoms with Crippen LogP contribution in [-0.2, 0) is 13.6 Å². The molecule has 1 fully saturated rings. The SMILES string of the molecule is COc1ccc2c(c1)c(Br)c(CNC1CC1)n2C. The van der Waals surface area contributed by atoms with E-state index >= 15 is 0 Å². The summed E-state index contributed by atoms with van der Waals surface area (Å²) in [5, 5.41) is 4.77. The number of hydrogen-bond acceptors (Lipinski definition) is 2. The summed E-state index contributed by atoms with van der Waals surface area (Å²) < 4.78 is 8.71. The van der Waals surface area contributed by atoms with Crippen molar-refractivity contribution >= 4 is 26.8 Å². The van der Waals surface area contributed by atoms with Gasteiger partial charge in [0.2, 0.25) is 0 Å². The first-order valence-electron chi connectivity index (χ1n) is 6.25. The van der Waals surface area contributed by atoms with Crippen LogP contribution in [0.5, 0.6) is 5.75 Å². The summed E-state index contributed by atoms with van der Waals surface area (Å²) in [6.07, 6.45) is 2.63.